The number of hydrogen-bond donors (Lipinski definition) is 7. The predicted octanol–water partition coefficient (Wildman–Crippen LogP) is -0.345. The van der Waals surface area contributed by atoms with Gasteiger partial charge in [-0.15, -0.1) is 0 Å². The van der Waals surface area contributed by atoms with Crippen LogP contribution in [0.3, 0.4) is 0 Å². The molecule has 0 aliphatic heterocycles. The molecule has 12 nitrogen and oxygen atoms in total. The third-order valence-corrected chi connectivity index (χ3v) is 6.12. The fourth-order valence-electron chi connectivity index (χ4n) is 3.31. The molecule has 0 saturated carbocycles. The molecule has 0 aromatic rings. The van der Waals surface area contributed by atoms with E-state index in [9.17, 15) is 24.3 Å². The van der Waals surface area contributed by atoms with Crippen molar-refractivity contribution in [3.05, 3.63) is 0 Å². The summed E-state index contributed by atoms with van der Waals surface area (Å²) in [5.41, 5.74) is 16.5. The predicted molar refractivity (Wildman–Crippen MR) is 135 cm³/mol. The number of carbonyl (C=O) groups excluding carboxylic acids is 3. The van der Waals surface area contributed by atoms with E-state index < -0.39 is 47.9 Å². The Hall–Kier alpha value is -2.89. The molecule has 10 N–H and O–H groups in total. The molecule has 0 aliphatic carbocycles. The summed E-state index contributed by atoms with van der Waals surface area (Å²) >= 11 is 0. The van der Waals surface area contributed by atoms with Crippen LogP contribution in [0, 0.1) is 17.8 Å². The average Bonchev–Trinajstić information content (AvgIpc) is 2.79. The first-order valence-corrected chi connectivity index (χ1v) is 12.2. The minimum absolute atomic E-state index is 0.0421. The highest BCUT2D eigenvalue weighted by Crippen LogP contribution is 2.14. The van der Waals surface area contributed by atoms with Crippen LogP contribution in [0.1, 0.15) is 67.2 Å². The second kappa shape index (κ2) is 15.9. The maximum atomic E-state index is 13.2. The number of carbonyl (C=O) groups is 4. The molecule has 0 fully saturated rings. The second-order valence-corrected chi connectivity index (χ2v) is 9.37. The maximum Gasteiger partial charge on any atom is 0.326 e. The van der Waals surface area contributed by atoms with E-state index in [4.69, 9.17) is 17.2 Å². The van der Waals surface area contributed by atoms with Crippen molar-refractivity contribution in [1.82, 2.24) is 16.0 Å². The van der Waals surface area contributed by atoms with Crippen LogP contribution < -0.4 is 33.2 Å². The van der Waals surface area contributed by atoms with Crippen molar-refractivity contribution in [2.24, 2.45) is 39.9 Å². The van der Waals surface area contributed by atoms with Crippen LogP contribution in [-0.2, 0) is 19.2 Å². The zero-order valence-electron chi connectivity index (χ0n) is 21.8. The van der Waals surface area contributed by atoms with Gasteiger partial charge >= 0.3 is 5.97 Å². The number of hydrogen-bond acceptors (Lipinski definition) is 6. The van der Waals surface area contributed by atoms with Crippen LogP contribution in [0.15, 0.2) is 4.99 Å². The van der Waals surface area contributed by atoms with Crippen LogP contribution in [0.2, 0.25) is 0 Å². The first kappa shape index (κ1) is 32.1. The summed E-state index contributed by atoms with van der Waals surface area (Å²) in [4.78, 5) is 54.2. The molecule has 6 atom stereocenters. The van der Waals surface area contributed by atoms with Gasteiger partial charge in [-0.2, -0.15) is 0 Å². The summed E-state index contributed by atoms with van der Waals surface area (Å²) in [6, 6.07) is -3.84. The second-order valence-electron chi connectivity index (χ2n) is 9.37. The number of guanidine groups is 1. The SMILES string of the molecule is CCC(C)C(NC(=O)C(N)CCCN=C(N)N)C(=O)NC(C(=O)NC(C(=O)O)C(C)C)C(C)CC. The van der Waals surface area contributed by atoms with E-state index in [1.807, 2.05) is 20.8 Å². The van der Waals surface area contributed by atoms with Crippen molar-refractivity contribution < 1.29 is 24.3 Å². The smallest absolute Gasteiger partial charge is 0.326 e. The Bertz CT molecular complexity index is 740. The average molecular weight is 500 g/mol. The molecule has 0 heterocycles. The van der Waals surface area contributed by atoms with Crippen LogP contribution in [0.4, 0.5) is 0 Å². The third-order valence-electron chi connectivity index (χ3n) is 6.12. The molecule has 12 heteroatoms. The summed E-state index contributed by atoms with van der Waals surface area (Å²) in [5, 5.41) is 17.4. The Kier molecular flexibility index (Phi) is 14.6. The van der Waals surface area contributed by atoms with Gasteiger partial charge in [0.15, 0.2) is 5.96 Å². The number of carboxylic acids is 1. The van der Waals surface area contributed by atoms with E-state index in [2.05, 4.69) is 20.9 Å². The molecule has 35 heavy (non-hydrogen) atoms. The molecule has 0 aromatic carbocycles. The van der Waals surface area contributed by atoms with Gasteiger partial charge in [-0.3, -0.25) is 19.4 Å². The van der Waals surface area contributed by atoms with Crippen LogP contribution in [-0.4, -0.2) is 65.5 Å². The zero-order chi connectivity index (χ0) is 27.3. The van der Waals surface area contributed by atoms with Gasteiger partial charge in [0.25, 0.3) is 0 Å². The van der Waals surface area contributed by atoms with Crippen LogP contribution in [0.5, 0.6) is 0 Å². The van der Waals surface area contributed by atoms with E-state index in [0.29, 0.717) is 32.2 Å². The van der Waals surface area contributed by atoms with Gasteiger partial charge in [0.1, 0.15) is 18.1 Å². The third kappa shape index (κ3) is 11.4. The minimum Gasteiger partial charge on any atom is -0.480 e. The molecule has 0 radical (unpaired) electrons. The highest BCUT2D eigenvalue weighted by atomic mass is 16.4. The van der Waals surface area contributed by atoms with Crippen molar-refractivity contribution in [1.29, 1.82) is 0 Å². The minimum atomic E-state index is -1.15. The Morgan fingerprint density at radius 2 is 1.23 bits per heavy atom. The van der Waals surface area contributed by atoms with Gasteiger partial charge in [-0.05, 0) is 30.6 Å². The Morgan fingerprint density at radius 3 is 1.60 bits per heavy atom. The molecule has 6 unspecified atom stereocenters. The van der Waals surface area contributed by atoms with E-state index in [1.54, 1.807) is 20.8 Å². The number of carboxylic acid groups (broad SMARTS) is 1. The molecule has 0 spiro atoms. The molecule has 0 aromatic heterocycles. The van der Waals surface area contributed by atoms with E-state index in [-0.39, 0.29) is 23.7 Å². The van der Waals surface area contributed by atoms with E-state index in [0.717, 1.165) is 0 Å². The van der Waals surface area contributed by atoms with Crippen molar-refractivity contribution in [3.63, 3.8) is 0 Å². The van der Waals surface area contributed by atoms with Gasteiger partial charge in [0, 0.05) is 6.54 Å². The van der Waals surface area contributed by atoms with Crippen LogP contribution >= 0.6 is 0 Å². The largest absolute Gasteiger partial charge is 0.480 e. The summed E-state index contributed by atoms with van der Waals surface area (Å²) in [5.74, 6) is -3.66. The Labute approximate surface area is 208 Å². The van der Waals surface area contributed by atoms with E-state index >= 15 is 0 Å². The maximum absolute atomic E-state index is 13.2. The molecule has 0 saturated heterocycles. The lowest BCUT2D eigenvalue weighted by molar-refractivity contribution is -0.144. The topological polar surface area (TPSA) is 215 Å². The van der Waals surface area contributed by atoms with Crippen LogP contribution in [0.25, 0.3) is 0 Å². The number of amides is 3. The highest BCUT2D eigenvalue weighted by molar-refractivity contribution is 5.94. The van der Waals surface area contributed by atoms with Gasteiger partial charge in [-0.25, -0.2) is 4.79 Å². The molecular weight excluding hydrogens is 454 g/mol. The summed E-state index contributed by atoms with van der Waals surface area (Å²) in [6.07, 6.45) is 1.97. The van der Waals surface area contributed by atoms with E-state index in [1.165, 1.54) is 0 Å². The number of nitrogens with zero attached hydrogens (tertiary/aromatic N) is 1. The molecular formula is C23H45N7O5. The standard InChI is InChI=1S/C23H45N7O5/c1-7-13(5)17(29-19(31)15(24)10-9-11-27-23(25)26)21(33)30-18(14(6)8-2)20(32)28-16(12(3)4)22(34)35/h12-18H,7-11,24H2,1-6H3,(H,28,32)(H,29,31)(H,30,33)(H,34,35)(H4,25,26,27). The van der Waals surface area contributed by atoms with Gasteiger partial charge in [0.05, 0.1) is 6.04 Å². The normalized spacial score (nSPS) is 16.2. The summed E-state index contributed by atoms with van der Waals surface area (Å²) in [6.45, 7) is 11.0. The lowest BCUT2D eigenvalue weighted by atomic mass is 9.94. The fraction of sp³-hybridized carbons (Fsp3) is 0.783. The quantitative estimate of drug-likeness (QED) is 0.0844. The van der Waals surface area contributed by atoms with Crippen molar-refractivity contribution in [3.8, 4) is 0 Å². The van der Waals surface area contributed by atoms with Crippen molar-refractivity contribution in [2.75, 3.05) is 6.54 Å². The number of aliphatic carboxylic acids is 1. The number of nitrogens with two attached hydrogens (primary N) is 3. The van der Waals surface area contributed by atoms with Crippen molar-refractivity contribution >= 4 is 29.7 Å². The molecule has 202 valence electrons. The number of rotatable bonds is 16. The van der Waals surface area contributed by atoms with Gasteiger partial charge in [-0.1, -0.05) is 54.4 Å². The van der Waals surface area contributed by atoms with Gasteiger partial charge in [0.2, 0.25) is 17.7 Å². The molecule has 3 amide bonds. The fourth-order valence-corrected chi connectivity index (χ4v) is 3.31. The monoisotopic (exact) mass is 499 g/mol. The first-order valence-electron chi connectivity index (χ1n) is 12.2. The molecule has 0 aliphatic rings. The van der Waals surface area contributed by atoms with Crippen molar-refractivity contribution in [2.45, 2.75) is 91.4 Å². The zero-order valence-corrected chi connectivity index (χ0v) is 21.8. The lowest BCUT2D eigenvalue weighted by Crippen LogP contribution is -2.60. The number of nitrogens with one attached hydrogen (secondary N) is 3. The lowest BCUT2D eigenvalue weighted by Gasteiger charge is -2.30. The Morgan fingerprint density at radius 1 is 0.800 bits per heavy atom. The number of aliphatic imine (C=N–C) groups is 1. The highest BCUT2D eigenvalue weighted by Gasteiger charge is 2.34. The van der Waals surface area contributed by atoms with Gasteiger partial charge < -0.3 is 38.3 Å². The summed E-state index contributed by atoms with van der Waals surface area (Å²) < 4.78 is 0. The summed E-state index contributed by atoms with van der Waals surface area (Å²) in [7, 11) is 0. The molecule has 0 bridgehead atoms. The Balaban J connectivity index is 5.48. The molecule has 0 rings (SSSR count). The first-order chi connectivity index (χ1) is 16.3.